The van der Waals surface area contributed by atoms with Crippen molar-refractivity contribution in [3.8, 4) is 5.75 Å². The molecule has 122 valence electrons. The Labute approximate surface area is 132 Å². The Balaban J connectivity index is 2.18. The first-order valence-corrected chi connectivity index (χ1v) is 7.62. The number of aryl methyl sites for hydroxylation is 2. The summed E-state index contributed by atoms with van der Waals surface area (Å²) < 4.78 is 5.44. The van der Waals surface area contributed by atoms with Crippen molar-refractivity contribution in [3.63, 3.8) is 0 Å². The Morgan fingerprint density at radius 1 is 1.05 bits per heavy atom. The van der Waals surface area contributed by atoms with E-state index in [9.17, 15) is 9.59 Å². The van der Waals surface area contributed by atoms with Gasteiger partial charge < -0.3 is 15.4 Å². The molecule has 0 fully saturated rings. The zero-order valence-corrected chi connectivity index (χ0v) is 13.9. The molecule has 0 aliphatic carbocycles. The van der Waals surface area contributed by atoms with E-state index in [1.54, 1.807) is 0 Å². The summed E-state index contributed by atoms with van der Waals surface area (Å²) in [5.74, 6) is 0.830. The number of hydrogen-bond donors (Lipinski definition) is 2. The number of benzene rings is 1. The molecule has 0 aliphatic heterocycles. The molecule has 0 aromatic heterocycles. The number of carbonyl (C=O) groups excluding carboxylic acids is 2. The Morgan fingerprint density at radius 2 is 1.68 bits per heavy atom. The molecule has 2 N–H and O–H groups in total. The molecule has 22 heavy (non-hydrogen) atoms. The van der Waals surface area contributed by atoms with Crippen molar-refractivity contribution in [3.05, 3.63) is 29.3 Å². The molecule has 5 heteroatoms. The molecular formula is C17H26N2O3. The van der Waals surface area contributed by atoms with E-state index in [-0.39, 0.29) is 18.4 Å². The largest absolute Gasteiger partial charge is 0.484 e. The zero-order chi connectivity index (χ0) is 16.5. The van der Waals surface area contributed by atoms with Crippen LogP contribution in [0.5, 0.6) is 5.75 Å². The van der Waals surface area contributed by atoms with Crippen molar-refractivity contribution in [1.82, 2.24) is 10.6 Å². The molecule has 1 aromatic carbocycles. The van der Waals surface area contributed by atoms with Gasteiger partial charge in [0.1, 0.15) is 5.75 Å². The highest BCUT2D eigenvalue weighted by molar-refractivity contribution is 5.78. The summed E-state index contributed by atoms with van der Waals surface area (Å²) in [5, 5.41) is 5.47. The fourth-order valence-corrected chi connectivity index (χ4v) is 1.85. The second-order valence-electron chi connectivity index (χ2n) is 5.83. The van der Waals surface area contributed by atoms with Gasteiger partial charge in [0.25, 0.3) is 5.91 Å². The molecule has 0 saturated heterocycles. The summed E-state index contributed by atoms with van der Waals surface area (Å²) in [6, 6.07) is 5.73. The van der Waals surface area contributed by atoms with E-state index in [1.807, 2.05) is 45.9 Å². The lowest BCUT2D eigenvalue weighted by molar-refractivity contribution is -0.124. The predicted molar refractivity (Wildman–Crippen MR) is 86.9 cm³/mol. The molecule has 2 amide bonds. The van der Waals surface area contributed by atoms with Gasteiger partial charge in [0.05, 0.1) is 0 Å². The predicted octanol–water partition coefficient (Wildman–Crippen LogP) is 1.96. The Hall–Kier alpha value is -2.04. The maximum absolute atomic E-state index is 11.6. The van der Waals surface area contributed by atoms with E-state index in [1.165, 1.54) is 5.56 Å². The van der Waals surface area contributed by atoms with Crippen LogP contribution in [0.4, 0.5) is 0 Å². The second-order valence-corrected chi connectivity index (χ2v) is 5.83. The summed E-state index contributed by atoms with van der Waals surface area (Å²) in [7, 11) is 0. The molecule has 0 unspecified atom stereocenters. The van der Waals surface area contributed by atoms with Gasteiger partial charge in [-0.2, -0.15) is 0 Å². The molecule has 0 saturated carbocycles. The highest BCUT2D eigenvalue weighted by Crippen LogP contribution is 2.16. The van der Waals surface area contributed by atoms with E-state index < -0.39 is 0 Å². The third kappa shape index (κ3) is 7.11. The van der Waals surface area contributed by atoms with Gasteiger partial charge in [-0.3, -0.25) is 9.59 Å². The first-order chi connectivity index (χ1) is 10.4. The lowest BCUT2D eigenvalue weighted by Gasteiger charge is -2.10. The number of ether oxygens (including phenoxy) is 1. The van der Waals surface area contributed by atoms with E-state index in [4.69, 9.17) is 4.74 Å². The third-order valence-corrected chi connectivity index (χ3v) is 3.21. The van der Waals surface area contributed by atoms with Gasteiger partial charge >= 0.3 is 0 Å². The molecule has 1 rings (SSSR count). The minimum Gasteiger partial charge on any atom is -0.484 e. The van der Waals surface area contributed by atoms with E-state index in [0.29, 0.717) is 31.2 Å². The normalized spacial score (nSPS) is 10.4. The van der Waals surface area contributed by atoms with Crippen molar-refractivity contribution in [2.24, 2.45) is 5.92 Å². The van der Waals surface area contributed by atoms with E-state index >= 15 is 0 Å². The van der Waals surface area contributed by atoms with Gasteiger partial charge in [0.15, 0.2) is 6.61 Å². The third-order valence-electron chi connectivity index (χ3n) is 3.21. The minimum atomic E-state index is -0.198. The maximum atomic E-state index is 11.6. The SMILES string of the molecule is Cc1ccc(OCC(=O)NCCNC(=O)CC(C)C)cc1C. The number of hydrogen-bond acceptors (Lipinski definition) is 3. The molecule has 0 bridgehead atoms. The van der Waals surface area contributed by atoms with Crippen LogP contribution in [0.2, 0.25) is 0 Å². The molecule has 0 radical (unpaired) electrons. The maximum Gasteiger partial charge on any atom is 0.258 e. The van der Waals surface area contributed by atoms with Crippen molar-refractivity contribution in [2.45, 2.75) is 34.1 Å². The average Bonchev–Trinajstić information content (AvgIpc) is 2.44. The fourth-order valence-electron chi connectivity index (χ4n) is 1.85. The van der Waals surface area contributed by atoms with Gasteiger partial charge in [-0.1, -0.05) is 19.9 Å². The van der Waals surface area contributed by atoms with E-state index in [2.05, 4.69) is 10.6 Å². The van der Waals surface area contributed by atoms with Gasteiger partial charge in [-0.25, -0.2) is 0 Å². The van der Waals surface area contributed by atoms with Crippen LogP contribution >= 0.6 is 0 Å². The summed E-state index contributed by atoms with van der Waals surface area (Å²) in [6.45, 7) is 8.82. The van der Waals surface area contributed by atoms with Gasteiger partial charge in [-0.15, -0.1) is 0 Å². The average molecular weight is 306 g/mol. The smallest absolute Gasteiger partial charge is 0.258 e. The molecule has 0 spiro atoms. The van der Waals surface area contributed by atoms with Crippen LogP contribution in [0.3, 0.4) is 0 Å². The number of nitrogens with one attached hydrogen (secondary N) is 2. The number of carbonyl (C=O) groups is 2. The topological polar surface area (TPSA) is 67.4 Å². The van der Waals surface area contributed by atoms with Crippen molar-refractivity contribution < 1.29 is 14.3 Å². The first kappa shape index (κ1) is 18.0. The summed E-state index contributed by atoms with van der Waals surface area (Å²) in [4.78, 5) is 23.1. The molecule has 5 nitrogen and oxygen atoms in total. The quantitative estimate of drug-likeness (QED) is 0.722. The van der Waals surface area contributed by atoms with Crippen LogP contribution in [-0.2, 0) is 9.59 Å². The van der Waals surface area contributed by atoms with Crippen LogP contribution < -0.4 is 15.4 Å². The Kier molecular flexibility index (Phi) is 7.43. The van der Waals surface area contributed by atoms with Crippen LogP contribution in [0, 0.1) is 19.8 Å². The second kappa shape index (κ2) is 9.07. The zero-order valence-electron chi connectivity index (χ0n) is 13.9. The summed E-state index contributed by atoms with van der Waals surface area (Å²) >= 11 is 0. The molecule has 1 aromatic rings. The van der Waals surface area contributed by atoms with Crippen LogP contribution in [-0.4, -0.2) is 31.5 Å². The monoisotopic (exact) mass is 306 g/mol. The van der Waals surface area contributed by atoms with Gasteiger partial charge in [0.2, 0.25) is 5.91 Å². The molecule has 0 atom stereocenters. The molecule has 0 aliphatic rings. The fraction of sp³-hybridized carbons (Fsp3) is 0.529. The van der Waals surface area contributed by atoms with Crippen LogP contribution in [0.15, 0.2) is 18.2 Å². The highest BCUT2D eigenvalue weighted by atomic mass is 16.5. The Morgan fingerprint density at radius 3 is 2.27 bits per heavy atom. The number of rotatable bonds is 8. The Bertz CT molecular complexity index is 513. The van der Waals surface area contributed by atoms with Crippen molar-refractivity contribution >= 4 is 11.8 Å². The summed E-state index contributed by atoms with van der Waals surface area (Å²) in [5.41, 5.74) is 2.32. The molecule has 0 heterocycles. The lowest BCUT2D eigenvalue weighted by Crippen LogP contribution is -2.37. The molecular weight excluding hydrogens is 280 g/mol. The van der Waals surface area contributed by atoms with Crippen molar-refractivity contribution in [2.75, 3.05) is 19.7 Å². The van der Waals surface area contributed by atoms with E-state index in [0.717, 1.165) is 5.56 Å². The lowest BCUT2D eigenvalue weighted by atomic mass is 10.1. The van der Waals surface area contributed by atoms with Crippen LogP contribution in [0.25, 0.3) is 0 Å². The standard InChI is InChI=1S/C17H26N2O3/c1-12(2)9-16(20)18-7-8-19-17(21)11-22-15-6-5-13(3)14(4)10-15/h5-6,10,12H,7-9,11H2,1-4H3,(H,18,20)(H,19,21). The number of amides is 2. The minimum absolute atomic E-state index is 0.00984. The first-order valence-electron chi connectivity index (χ1n) is 7.62. The van der Waals surface area contributed by atoms with Gasteiger partial charge in [-0.05, 0) is 43.0 Å². The highest BCUT2D eigenvalue weighted by Gasteiger charge is 2.05. The van der Waals surface area contributed by atoms with Crippen LogP contribution in [0.1, 0.15) is 31.4 Å². The summed E-state index contributed by atoms with van der Waals surface area (Å²) in [6.07, 6.45) is 0.504. The van der Waals surface area contributed by atoms with Gasteiger partial charge in [0, 0.05) is 19.5 Å². The van der Waals surface area contributed by atoms with Crippen molar-refractivity contribution in [1.29, 1.82) is 0 Å².